The van der Waals surface area contributed by atoms with Gasteiger partial charge in [-0.05, 0) is 61.2 Å². The monoisotopic (exact) mass is 452 g/mol. The molecule has 0 radical (unpaired) electrons. The van der Waals surface area contributed by atoms with Gasteiger partial charge in [0, 0.05) is 24.7 Å². The molecule has 0 bridgehead atoms. The standard InChI is InChI=1S/C25H20F2N2O4.H2/c1-14-2-8-18(29-22(14)15-3-5-16(6-4-15)23(28)31)13-21(30)24(10-11-24)17-7-9-19-20(12-17)33-25(26,27)32-19;/h2-9,12H,10-11,13H2,1H3,(H2,28,31);1H. The van der Waals surface area contributed by atoms with Crippen molar-refractivity contribution in [1.82, 2.24) is 4.98 Å². The highest BCUT2D eigenvalue weighted by molar-refractivity contribution is 5.95. The number of Topliss-reactive ketones (excluding diaryl/α,β-unsaturated/α-hetero) is 1. The number of pyridine rings is 1. The van der Waals surface area contributed by atoms with Gasteiger partial charge >= 0.3 is 6.29 Å². The molecule has 5 rings (SSSR count). The number of carbonyl (C=O) groups excluding carboxylic acids is 2. The van der Waals surface area contributed by atoms with Crippen LogP contribution in [-0.4, -0.2) is 23.0 Å². The number of rotatable bonds is 6. The Labute approximate surface area is 189 Å². The Kier molecular flexibility index (Phi) is 4.70. The van der Waals surface area contributed by atoms with E-state index in [1.54, 1.807) is 30.3 Å². The van der Waals surface area contributed by atoms with Gasteiger partial charge in [0.25, 0.3) is 0 Å². The normalized spacial score (nSPS) is 16.9. The van der Waals surface area contributed by atoms with Crippen molar-refractivity contribution in [2.75, 3.05) is 0 Å². The predicted molar refractivity (Wildman–Crippen MR) is 117 cm³/mol. The van der Waals surface area contributed by atoms with Crippen molar-refractivity contribution in [3.05, 3.63) is 77.0 Å². The van der Waals surface area contributed by atoms with E-state index < -0.39 is 17.6 Å². The fraction of sp³-hybridized carbons (Fsp3) is 0.240. The average Bonchev–Trinajstić information content (AvgIpc) is 3.52. The second-order valence-electron chi connectivity index (χ2n) is 8.42. The maximum Gasteiger partial charge on any atom is 0.586 e. The van der Waals surface area contributed by atoms with Crippen LogP contribution < -0.4 is 15.2 Å². The first-order valence-electron chi connectivity index (χ1n) is 10.5. The number of amides is 1. The molecule has 0 spiro atoms. The first-order chi connectivity index (χ1) is 15.7. The van der Waals surface area contributed by atoms with Crippen molar-refractivity contribution >= 4 is 11.7 Å². The largest absolute Gasteiger partial charge is 0.586 e. The third kappa shape index (κ3) is 3.82. The summed E-state index contributed by atoms with van der Waals surface area (Å²) in [5, 5.41) is 0. The van der Waals surface area contributed by atoms with Gasteiger partial charge < -0.3 is 15.2 Å². The van der Waals surface area contributed by atoms with Crippen molar-refractivity contribution < 1.29 is 29.3 Å². The number of aryl methyl sites for hydroxylation is 1. The molecule has 2 aliphatic rings. The molecule has 2 N–H and O–H groups in total. The van der Waals surface area contributed by atoms with Crippen LogP contribution in [0.15, 0.2) is 54.6 Å². The molecule has 0 saturated heterocycles. The lowest BCUT2D eigenvalue weighted by Gasteiger charge is -2.15. The van der Waals surface area contributed by atoms with Gasteiger partial charge in [0.1, 0.15) is 5.78 Å². The maximum atomic E-state index is 13.4. The minimum Gasteiger partial charge on any atom is -0.395 e. The first-order valence-corrected chi connectivity index (χ1v) is 10.5. The van der Waals surface area contributed by atoms with Crippen LogP contribution in [0.3, 0.4) is 0 Å². The quantitative estimate of drug-likeness (QED) is 0.592. The summed E-state index contributed by atoms with van der Waals surface area (Å²) in [4.78, 5) is 29.3. The number of aromatic nitrogens is 1. The molecule has 1 aliphatic heterocycles. The molecule has 1 aliphatic carbocycles. The highest BCUT2D eigenvalue weighted by Gasteiger charge is 2.52. The van der Waals surface area contributed by atoms with Crippen molar-refractivity contribution in [2.24, 2.45) is 5.73 Å². The summed E-state index contributed by atoms with van der Waals surface area (Å²) >= 11 is 0. The minimum atomic E-state index is -3.69. The maximum absolute atomic E-state index is 13.4. The van der Waals surface area contributed by atoms with Crippen LogP contribution in [0.1, 0.15) is 41.4 Å². The molecule has 3 aromatic rings. The Morgan fingerprint density at radius 3 is 2.39 bits per heavy atom. The summed E-state index contributed by atoms with van der Waals surface area (Å²) < 4.78 is 35.7. The van der Waals surface area contributed by atoms with E-state index in [1.165, 1.54) is 12.1 Å². The zero-order chi connectivity index (χ0) is 23.4. The van der Waals surface area contributed by atoms with Crippen LogP contribution in [0.25, 0.3) is 11.3 Å². The van der Waals surface area contributed by atoms with E-state index in [0.717, 1.165) is 11.1 Å². The number of hydrogen-bond donors (Lipinski definition) is 1. The highest BCUT2D eigenvalue weighted by Crippen LogP contribution is 2.52. The van der Waals surface area contributed by atoms with Gasteiger partial charge in [0.2, 0.25) is 5.91 Å². The molecular weight excluding hydrogens is 430 g/mol. The van der Waals surface area contributed by atoms with Crippen molar-refractivity contribution in [3.63, 3.8) is 0 Å². The molecule has 8 heteroatoms. The fourth-order valence-electron chi connectivity index (χ4n) is 4.19. The molecule has 1 aromatic heterocycles. The minimum absolute atomic E-state index is 0. The number of nitrogens with two attached hydrogens (primary N) is 1. The van der Waals surface area contributed by atoms with Crippen molar-refractivity contribution in [1.29, 1.82) is 0 Å². The number of ketones is 1. The van der Waals surface area contributed by atoms with Gasteiger partial charge in [-0.1, -0.05) is 24.3 Å². The molecule has 1 amide bonds. The van der Waals surface area contributed by atoms with Crippen LogP contribution in [0, 0.1) is 6.92 Å². The molecule has 1 fully saturated rings. The smallest absolute Gasteiger partial charge is 0.395 e. The first kappa shape index (κ1) is 21.1. The lowest BCUT2D eigenvalue weighted by atomic mass is 9.88. The van der Waals surface area contributed by atoms with Crippen LogP contribution in [0.5, 0.6) is 11.5 Å². The summed E-state index contributed by atoms with van der Waals surface area (Å²) in [5.74, 6) is -0.641. The number of halogens is 2. The molecule has 1 saturated carbocycles. The van der Waals surface area contributed by atoms with E-state index in [0.29, 0.717) is 35.4 Å². The summed E-state index contributed by atoms with van der Waals surface area (Å²) in [6.07, 6.45) is -2.32. The SMILES string of the molecule is Cc1ccc(CC(=O)C2(c3ccc4c(c3)OC(F)(F)O4)CC2)nc1-c1ccc(C(N)=O)cc1.[HH]. The lowest BCUT2D eigenvalue weighted by molar-refractivity contribution is -0.286. The topological polar surface area (TPSA) is 91.5 Å². The van der Waals surface area contributed by atoms with Crippen LogP contribution >= 0.6 is 0 Å². The van der Waals surface area contributed by atoms with Gasteiger partial charge in [-0.3, -0.25) is 14.6 Å². The van der Waals surface area contributed by atoms with Crippen LogP contribution in [0.2, 0.25) is 0 Å². The number of fused-ring (bicyclic) bond motifs is 1. The number of primary amides is 1. The van der Waals surface area contributed by atoms with Crippen molar-refractivity contribution in [2.45, 2.75) is 37.9 Å². The molecular formula is C25H22F2N2O4. The molecule has 0 atom stereocenters. The van der Waals surface area contributed by atoms with E-state index in [4.69, 9.17) is 5.73 Å². The summed E-state index contributed by atoms with van der Waals surface area (Å²) in [6.45, 7) is 1.92. The Morgan fingerprint density at radius 2 is 1.73 bits per heavy atom. The third-order valence-electron chi connectivity index (χ3n) is 6.18. The third-order valence-corrected chi connectivity index (χ3v) is 6.18. The molecule has 6 nitrogen and oxygen atoms in total. The summed E-state index contributed by atoms with van der Waals surface area (Å²) in [6, 6.07) is 15.0. The average molecular weight is 452 g/mol. The van der Waals surface area contributed by atoms with E-state index in [-0.39, 0.29) is 25.1 Å². The van der Waals surface area contributed by atoms with Crippen molar-refractivity contribution in [3.8, 4) is 22.8 Å². The van der Waals surface area contributed by atoms with Gasteiger partial charge in [0.15, 0.2) is 11.5 Å². The fourth-order valence-corrected chi connectivity index (χ4v) is 4.19. The van der Waals surface area contributed by atoms with Crippen LogP contribution in [0.4, 0.5) is 8.78 Å². The van der Waals surface area contributed by atoms with E-state index >= 15 is 0 Å². The molecule has 170 valence electrons. The number of alkyl halides is 2. The summed E-state index contributed by atoms with van der Waals surface area (Å²) in [7, 11) is 0. The number of hydrogen-bond acceptors (Lipinski definition) is 5. The van der Waals surface area contributed by atoms with Crippen LogP contribution in [-0.2, 0) is 16.6 Å². The molecule has 33 heavy (non-hydrogen) atoms. The Morgan fingerprint density at radius 1 is 1.03 bits per heavy atom. The summed E-state index contributed by atoms with van der Waals surface area (Å²) in [5.41, 5.74) is 8.68. The van der Waals surface area contributed by atoms with Gasteiger partial charge in [-0.15, -0.1) is 8.78 Å². The number of nitrogens with zero attached hydrogens (tertiary/aromatic N) is 1. The zero-order valence-corrected chi connectivity index (χ0v) is 17.7. The molecule has 2 heterocycles. The van der Waals surface area contributed by atoms with E-state index in [1.807, 2.05) is 19.1 Å². The van der Waals surface area contributed by atoms with E-state index in [9.17, 15) is 18.4 Å². The van der Waals surface area contributed by atoms with Gasteiger partial charge in [0.05, 0.1) is 11.1 Å². The number of ether oxygens (including phenoxy) is 2. The van der Waals surface area contributed by atoms with Gasteiger partial charge in [-0.25, -0.2) is 0 Å². The second-order valence-corrected chi connectivity index (χ2v) is 8.42. The lowest BCUT2D eigenvalue weighted by Crippen LogP contribution is -2.26. The Hall–Kier alpha value is -3.81. The van der Waals surface area contributed by atoms with Gasteiger partial charge in [-0.2, -0.15) is 0 Å². The zero-order valence-electron chi connectivity index (χ0n) is 17.7. The number of benzene rings is 2. The Bertz CT molecular complexity index is 1290. The predicted octanol–water partition coefficient (Wildman–Crippen LogP) is 4.57. The second kappa shape index (κ2) is 7.37. The Balaban J connectivity index is 0.00000274. The number of carbonyl (C=O) groups is 2. The molecule has 2 aromatic carbocycles. The van der Waals surface area contributed by atoms with E-state index in [2.05, 4.69) is 14.5 Å². The molecule has 0 unspecified atom stereocenters. The highest BCUT2D eigenvalue weighted by atomic mass is 19.3.